The Morgan fingerprint density at radius 1 is 1.44 bits per heavy atom. The fourth-order valence-electron chi connectivity index (χ4n) is 1.98. The fourth-order valence-corrected chi connectivity index (χ4v) is 4.71. The molecule has 98 valence electrons. The number of rotatable bonds is 3. The second-order valence-corrected chi connectivity index (χ2v) is 7.51. The van der Waals surface area contributed by atoms with Crippen LogP contribution in [0.3, 0.4) is 0 Å². The summed E-state index contributed by atoms with van der Waals surface area (Å²) in [6, 6.07) is 4.95. The number of aliphatic hydroxyl groups excluding tert-OH is 1. The lowest BCUT2D eigenvalue weighted by molar-refractivity contribution is 0.170. The molecule has 1 aromatic heterocycles. The van der Waals surface area contributed by atoms with E-state index in [1.54, 1.807) is 0 Å². The molecule has 18 heavy (non-hydrogen) atoms. The smallest absolute Gasteiger partial charge is 0.252 e. The van der Waals surface area contributed by atoms with E-state index in [1.165, 1.54) is 16.4 Å². The monoisotopic (exact) mass is 286 g/mol. The molecule has 2 heterocycles. The van der Waals surface area contributed by atoms with Crippen LogP contribution < -0.4 is 0 Å². The molecule has 1 fully saturated rings. The first-order valence-corrected chi connectivity index (χ1v) is 7.94. The van der Waals surface area contributed by atoms with Gasteiger partial charge in [-0.3, -0.25) is 0 Å². The summed E-state index contributed by atoms with van der Waals surface area (Å²) in [6.07, 6.45) is 1.37. The van der Waals surface area contributed by atoms with Crippen molar-refractivity contribution >= 4 is 21.4 Å². The van der Waals surface area contributed by atoms with Crippen molar-refractivity contribution in [2.75, 3.05) is 19.7 Å². The Morgan fingerprint density at radius 2 is 2.11 bits per heavy atom. The Kier molecular flexibility index (Phi) is 4.02. The predicted octanol–water partition coefficient (Wildman–Crippen LogP) is 1.01. The third-order valence-corrected chi connectivity index (χ3v) is 6.47. The molecule has 0 aromatic carbocycles. The molecule has 1 saturated heterocycles. The van der Waals surface area contributed by atoms with Crippen LogP contribution in [0.5, 0.6) is 0 Å². The van der Waals surface area contributed by atoms with Crippen molar-refractivity contribution in [3.8, 4) is 6.07 Å². The van der Waals surface area contributed by atoms with Crippen LogP contribution >= 0.6 is 11.3 Å². The van der Waals surface area contributed by atoms with Gasteiger partial charge in [-0.1, -0.05) is 0 Å². The minimum Gasteiger partial charge on any atom is -0.396 e. The highest BCUT2D eigenvalue weighted by Gasteiger charge is 2.30. The van der Waals surface area contributed by atoms with Crippen LogP contribution in [0.25, 0.3) is 0 Å². The second kappa shape index (κ2) is 5.36. The van der Waals surface area contributed by atoms with Gasteiger partial charge < -0.3 is 5.11 Å². The summed E-state index contributed by atoms with van der Waals surface area (Å²) in [5.41, 5.74) is 0. The van der Waals surface area contributed by atoms with Gasteiger partial charge in [0.05, 0.1) is 0 Å². The van der Waals surface area contributed by atoms with E-state index in [0.717, 1.165) is 11.3 Å². The van der Waals surface area contributed by atoms with Crippen molar-refractivity contribution in [1.29, 1.82) is 5.26 Å². The van der Waals surface area contributed by atoms with E-state index in [-0.39, 0.29) is 16.7 Å². The molecule has 2 rings (SSSR count). The van der Waals surface area contributed by atoms with Gasteiger partial charge in [0.25, 0.3) is 10.0 Å². The van der Waals surface area contributed by atoms with Gasteiger partial charge in [-0.2, -0.15) is 9.57 Å². The van der Waals surface area contributed by atoms with Crippen LogP contribution in [-0.2, 0) is 10.0 Å². The van der Waals surface area contributed by atoms with Gasteiger partial charge in [0.1, 0.15) is 15.2 Å². The number of aliphatic hydroxyl groups is 1. The van der Waals surface area contributed by atoms with Crippen LogP contribution in [0.15, 0.2) is 16.3 Å². The SMILES string of the molecule is N#Cc1ccc(S(=O)(=O)N2CCC(CO)CC2)s1. The van der Waals surface area contributed by atoms with Gasteiger partial charge in [-0.05, 0) is 30.9 Å². The lowest BCUT2D eigenvalue weighted by atomic mass is 10.00. The minimum absolute atomic E-state index is 0.117. The van der Waals surface area contributed by atoms with Gasteiger partial charge in [-0.25, -0.2) is 8.42 Å². The number of hydrogen-bond acceptors (Lipinski definition) is 5. The molecule has 5 nitrogen and oxygen atoms in total. The second-order valence-electron chi connectivity index (χ2n) is 4.26. The third-order valence-electron chi connectivity index (χ3n) is 3.12. The molecule has 1 N–H and O–H groups in total. The first-order chi connectivity index (χ1) is 8.57. The zero-order valence-electron chi connectivity index (χ0n) is 9.74. The number of thiophene rings is 1. The average molecular weight is 286 g/mol. The lowest BCUT2D eigenvalue weighted by Crippen LogP contribution is -2.38. The van der Waals surface area contributed by atoms with Gasteiger partial charge in [-0.15, -0.1) is 11.3 Å². The van der Waals surface area contributed by atoms with Gasteiger partial charge >= 0.3 is 0 Å². The molecule has 1 aliphatic heterocycles. The van der Waals surface area contributed by atoms with Crippen molar-refractivity contribution < 1.29 is 13.5 Å². The summed E-state index contributed by atoms with van der Waals surface area (Å²) in [5, 5.41) is 17.7. The van der Waals surface area contributed by atoms with E-state index in [1.807, 2.05) is 6.07 Å². The Hall–Kier alpha value is -0.940. The van der Waals surface area contributed by atoms with Crippen molar-refractivity contribution in [2.45, 2.75) is 17.1 Å². The molecule has 0 saturated carbocycles. The van der Waals surface area contributed by atoms with E-state index in [0.29, 0.717) is 30.8 Å². The van der Waals surface area contributed by atoms with Gasteiger partial charge in [0.15, 0.2) is 0 Å². The number of piperidine rings is 1. The van der Waals surface area contributed by atoms with E-state index >= 15 is 0 Å². The van der Waals surface area contributed by atoms with Crippen molar-refractivity contribution in [1.82, 2.24) is 4.31 Å². The first-order valence-electron chi connectivity index (χ1n) is 5.69. The third kappa shape index (κ3) is 2.57. The molecule has 0 unspecified atom stereocenters. The maximum Gasteiger partial charge on any atom is 0.252 e. The first kappa shape index (κ1) is 13.5. The molecular weight excluding hydrogens is 272 g/mol. The molecule has 0 spiro atoms. The molecule has 1 aromatic rings. The molecule has 0 radical (unpaired) electrons. The van der Waals surface area contributed by atoms with E-state index < -0.39 is 10.0 Å². The summed E-state index contributed by atoms with van der Waals surface area (Å²) in [7, 11) is -3.46. The Balaban J connectivity index is 2.15. The molecule has 0 aliphatic carbocycles. The zero-order chi connectivity index (χ0) is 13.2. The van der Waals surface area contributed by atoms with E-state index in [9.17, 15) is 8.42 Å². The number of hydrogen-bond donors (Lipinski definition) is 1. The van der Waals surface area contributed by atoms with Crippen LogP contribution in [0.2, 0.25) is 0 Å². The van der Waals surface area contributed by atoms with Crippen LogP contribution in [0.1, 0.15) is 17.7 Å². The normalized spacial score (nSPS) is 18.7. The summed E-state index contributed by atoms with van der Waals surface area (Å²) in [6.45, 7) is 0.992. The highest BCUT2D eigenvalue weighted by atomic mass is 32.2. The molecule has 1 aliphatic rings. The van der Waals surface area contributed by atoms with Crippen LogP contribution in [-0.4, -0.2) is 37.5 Å². The quantitative estimate of drug-likeness (QED) is 0.899. The Labute approximate surface area is 110 Å². The summed E-state index contributed by atoms with van der Waals surface area (Å²) in [4.78, 5) is 0.402. The van der Waals surface area contributed by atoms with Crippen molar-refractivity contribution in [2.24, 2.45) is 5.92 Å². The minimum atomic E-state index is -3.46. The molecule has 0 bridgehead atoms. The van der Waals surface area contributed by atoms with Crippen LogP contribution in [0, 0.1) is 17.2 Å². The van der Waals surface area contributed by atoms with Gasteiger partial charge in [0.2, 0.25) is 0 Å². The topological polar surface area (TPSA) is 81.4 Å². The van der Waals surface area contributed by atoms with Crippen molar-refractivity contribution in [3.63, 3.8) is 0 Å². The summed E-state index contributed by atoms with van der Waals surface area (Å²) < 4.78 is 26.2. The van der Waals surface area contributed by atoms with Crippen molar-refractivity contribution in [3.05, 3.63) is 17.0 Å². The summed E-state index contributed by atoms with van der Waals surface area (Å²) in [5.74, 6) is 0.203. The molecule has 0 atom stereocenters. The van der Waals surface area contributed by atoms with E-state index in [4.69, 9.17) is 10.4 Å². The lowest BCUT2D eigenvalue weighted by Gasteiger charge is -2.29. The zero-order valence-corrected chi connectivity index (χ0v) is 11.4. The molecule has 7 heteroatoms. The van der Waals surface area contributed by atoms with E-state index in [2.05, 4.69) is 0 Å². The largest absolute Gasteiger partial charge is 0.396 e. The summed E-state index contributed by atoms with van der Waals surface area (Å²) >= 11 is 1.000. The maximum atomic E-state index is 12.3. The fraction of sp³-hybridized carbons (Fsp3) is 0.545. The predicted molar refractivity (Wildman–Crippen MR) is 67.6 cm³/mol. The highest BCUT2D eigenvalue weighted by molar-refractivity contribution is 7.91. The number of sulfonamides is 1. The Bertz CT molecular complexity index is 551. The average Bonchev–Trinajstić information content (AvgIpc) is 2.88. The molecular formula is C11H14N2O3S2. The number of nitrogens with zero attached hydrogens (tertiary/aromatic N) is 2. The maximum absolute atomic E-state index is 12.3. The number of nitriles is 1. The van der Waals surface area contributed by atoms with Gasteiger partial charge in [0, 0.05) is 19.7 Å². The Morgan fingerprint density at radius 3 is 2.61 bits per heavy atom. The molecule has 0 amide bonds. The van der Waals surface area contributed by atoms with Crippen LogP contribution in [0.4, 0.5) is 0 Å². The highest BCUT2D eigenvalue weighted by Crippen LogP contribution is 2.27. The standard InChI is InChI=1S/C11H14N2O3S2/c12-7-10-1-2-11(17-10)18(15,16)13-5-3-9(8-14)4-6-13/h1-2,9,14H,3-6,8H2.